The van der Waals surface area contributed by atoms with Gasteiger partial charge in [-0.15, -0.1) is 0 Å². The van der Waals surface area contributed by atoms with Crippen LogP contribution in [0.15, 0.2) is 12.4 Å². The average Bonchev–Trinajstić information content (AvgIpc) is 2.78. The SMILES string of the molecule is CNc1nccn1C1CN2CCC1CC2. The number of hydrogen-bond donors (Lipinski definition) is 1. The Hall–Kier alpha value is -1.03. The number of nitrogens with zero attached hydrogens (tertiary/aromatic N) is 3. The molecule has 3 aliphatic rings. The molecule has 82 valence electrons. The molecule has 3 saturated heterocycles. The summed E-state index contributed by atoms with van der Waals surface area (Å²) in [7, 11) is 1.94. The van der Waals surface area contributed by atoms with Crippen LogP contribution < -0.4 is 5.32 Å². The van der Waals surface area contributed by atoms with Crippen molar-refractivity contribution in [3.63, 3.8) is 0 Å². The van der Waals surface area contributed by atoms with Crippen molar-refractivity contribution in [1.82, 2.24) is 14.5 Å². The van der Waals surface area contributed by atoms with Gasteiger partial charge in [0.1, 0.15) is 0 Å². The summed E-state index contributed by atoms with van der Waals surface area (Å²) in [6.07, 6.45) is 6.71. The van der Waals surface area contributed by atoms with E-state index in [0.29, 0.717) is 6.04 Å². The lowest BCUT2D eigenvalue weighted by Gasteiger charge is -2.45. The van der Waals surface area contributed by atoms with Crippen molar-refractivity contribution in [3.8, 4) is 0 Å². The zero-order valence-corrected chi connectivity index (χ0v) is 9.19. The van der Waals surface area contributed by atoms with E-state index in [1.165, 1.54) is 32.5 Å². The van der Waals surface area contributed by atoms with Gasteiger partial charge in [-0.25, -0.2) is 4.98 Å². The Morgan fingerprint density at radius 3 is 2.80 bits per heavy atom. The first-order valence-corrected chi connectivity index (χ1v) is 5.81. The van der Waals surface area contributed by atoms with Crippen molar-refractivity contribution in [3.05, 3.63) is 12.4 Å². The van der Waals surface area contributed by atoms with E-state index in [0.717, 1.165) is 11.9 Å². The highest BCUT2D eigenvalue weighted by atomic mass is 15.3. The van der Waals surface area contributed by atoms with Crippen LogP contribution in [0.5, 0.6) is 0 Å². The smallest absolute Gasteiger partial charge is 0.202 e. The highest BCUT2D eigenvalue weighted by molar-refractivity contribution is 5.25. The first-order chi connectivity index (χ1) is 7.38. The summed E-state index contributed by atoms with van der Waals surface area (Å²) in [5.74, 6) is 1.87. The van der Waals surface area contributed by atoms with Crippen LogP contribution in [0.25, 0.3) is 0 Å². The Balaban J connectivity index is 1.88. The minimum Gasteiger partial charge on any atom is -0.359 e. The molecular formula is C11H18N4. The second-order valence-electron chi connectivity index (χ2n) is 4.61. The topological polar surface area (TPSA) is 33.1 Å². The third-order valence-electron chi connectivity index (χ3n) is 3.87. The van der Waals surface area contributed by atoms with Crippen molar-refractivity contribution < 1.29 is 0 Å². The Morgan fingerprint density at radius 2 is 2.20 bits per heavy atom. The molecule has 15 heavy (non-hydrogen) atoms. The molecule has 0 saturated carbocycles. The quantitative estimate of drug-likeness (QED) is 0.789. The van der Waals surface area contributed by atoms with E-state index >= 15 is 0 Å². The normalized spacial score (nSPS) is 34.3. The van der Waals surface area contributed by atoms with Crippen molar-refractivity contribution in [2.45, 2.75) is 18.9 Å². The summed E-state index contributed by atoms with van der Waals surface area (Å²) in [5, 5.41) is 3.17. The average molecular weight is 206 g/mol. The van der Waals surface area contributed by atoms with E-state index < -0.39 is 0 Å². The first-order valence-electron chi connectivity index (χ1n) is 5.81. The molecule has 0 amide bonds. The maximum absolute atomic E-state index is 4.33. The molecule has 1 N–H and O–H groups in total. The maximum atomic E-state index is 4.33. The summed E-state index contributed by atoms with van der Waals surface area (Å²) in [6.45, 7) is 3.80. The van der Waals surface area contributed by atoms with Gasteiger partial charge in [0.05, 0.1) is 6.04 Å². The third kappa shape index (κ3) is 1.44. The predicted octanol–water partition coefficient (Wildman–Crippen LogP) is 1.19. The minimum atomic E-state index is 0.637. The van der Waals surface area contributed by atoms with Crippen molar-refractivity contribution in [2.24, 2.45) is 5.92 Å². The van der Waals surface area contributed by atoms with E-state index in [1.54, 1.807) is 0 Å². The Labute approximate surface area is 90.3 Å². The van der Waals surface area contributed by atoms with Crippen LogP contribution in [-0.2, 0) is 0 Å². The van der Waals surface area contributed by atoms with Crippen LogP contribution in [-0.4, -0.2) is 41.1 Å². The lowest BCUT2D eigenvalue weighted by atomic mass is 9.84. The minimum absolute atomic E-state index is 0.637. The van der Waals surface area contributed by atoms with E-state index in [9.17, 15) is 0 Å². The molecule has 0 aromatic carbocycles. The molecule has 2 bridgehead atoms. The molecular weight excluding hydrogens is 188 g/mol. The number of aromatic nitrogens is 2. The first kappa shape index (κ1) is 9.21. The number of rotatable bonds is 2. The fraction of sp³-hybridized carbons (Fsp3) is 0.727. The van der Waals surface area contributed by atoms with E-state index in [4.69, 9.17) is 0 Å². The zero-order valence-electron chi connectivity index (χ0n) is 9.19. The monoisotopic (exact) mass is 206 g/mol. The standard InChI is InChI=1S/C11H18N4/c1-12-11-13-4-7-15(11)10-8-14-5-2-9(10)3-6-14/h4,7,9-10H,2-3,5-6,8H2,1H3,(H,12,13). The fourth-order valence-electron chi connectivity index (χ4n) is 3.02. The van der Waals surface area contributed by atoms with Crippen molar-refractivity contribution >= 4 is 5.95 Å². The molecule has 1 unspecified atom stereocenters. The second-order valence-corrected chi connectivity index (χ2v) is 4.61. The van der Waals surface area contributed by atoms with E-state index in [1.807, 2.05) is 13.2 Å². The molecule has 4 rings (SSSR count). The van der Waals surface area contributed by atoms with Crippen LogP contribution in [0, 0.1) is 5.92 Å². The Morgan fingerprint density at radius 1 is 1.40 bits per heavy atom. The predicted molar refractivity (Wildman–Crippen MR) is 60.0 cm³/mol. The number of anilines is 1. The lowest BCUT2D eigenvalue weighted by Crippen LogP contribution is -2.48. The molecule has 1 aromatic rings. The van der Waals surface area contributed by atoms with Crippen LogP contribution in [0.2, 0.25) is 0 Å². The van der Waals surface area contributed by atoms with Gasteiger partial charge in [0.2, 0.25) is 5.95 Å². The molecule has 0 aliphatic carbocycles. The molecule has 4 nitrogen and oxygen atoms in total. The highest BCUT2D eigenvalue weighted by Crippen LogP contribution is 2.36. The molecule has 1 aromatic heterocycles. The second kappa shape index (κ2) is 3.52. The van der Waals surface area contributed by atoms with Crippen molar-refractivity contribution in [2.75, 3.05) is 32.0 Å². The number of nitrogens with one attached hydrogen (secondary N) is 1. The molecule has 1 atom stereocenters. The Bertz CT molecular complexity index is 338. The summed E-state index contributed by atoms with van der Waals surface area (Å²) < 4.78 is 2.32. The van der Waals surface area contributed by atoms with Gasteiger partial charge in [-0.05, 0) is 31.8 Å². The summed E-state index contributed by atoms with van der Waals surface area (Å²) in [6, 6.07) is 0.637. The van der Waals surface area contributed by atoms with Crippen LogP contribution >= 0.6 is 0 Å². The van der Waals surface area contributed by atoms with Gasteiger partial charge < -0.3 is 14.8 Å². The summed E-state index contributed by atoms with van der Waals surface area (Å²) in [5.41, 5.74) is 0. The van der Waals surface area contributed by atoms with E-state index in [-0.39, 0.29) is 0 Å². The van der Waals surface area contributed by atoms with Crippen LogP contribution in [0.3, 0.4) is 0 Å². The van der Waals surface area contributed by atoms with Gasteiger partial charge in [-0.1, -0.05) is 0 Å². The molecule has 3 aliphatic heterocycles. The third-order valence-corrected chi connectivity index (χ3v) is 3.87. The molecule has 3 fully saturated rings. The lowest BCUT2D eigenvalue weighted by molar-refractivity contribution is 0.0579. The number of piperidine rings is 3. The van der Waals surface area contributed by atoms with Gasteiger partial charge in [0.15, 0.2) is 0 Å². The number of fused-ring (bicyclic) bond motifs is 3. The Kier molecular flexibility index (Phi) is 2.16. The molecule has 0 radical (unpaired) electrons. The zero-order chi connectivity index (χ0) is 10.3. The number of hydrogen-bond acceptors (Lipinski definition) is 3. The molecule has 0 spiro atoms. The fourth-order valence-corrected chi connectivity index (χ4v) is 3.02. The van der Waals surface area contributed by atoms with Gasteiger partial charge in [-0.2, -0.15) is 0 Å². The summed E-state index contributed by atoms with van der Waals surface area (Å²) >= 11 is 0. The maximum Gasteiger partial charge on any atom is 0.202 e. The largest absolute Gasteiger partial charge is 0.359 e. The highest BCUT2D eigenvalue weighted by Gasteiger charge is 2.35. The van der Waals surface area contributed by atoms with Crippen molar-refractivity contribution in [1.29, 1.82) is 0 Å². The summed E-state index contributed by atoms with van der Waals surface area (Å²) in [4.78, 5) is 6.90. The van der Waals surface area contributed by atoms with E-state index in [2.05, 4.69) is 26.0 Å². The van der Waals surface area contributed by atoms with Gasteiger partial charge in [-0.3, -0.25) is 0 Å². The number of imidazole rings is 1. The van der Waals surface area contributed by atoms with Gasteiger partial charge >= 0.3 is 0 Å². The van der Waals surface area contributed by atoms with Gasteiger partial charge in [0.25, 0.3) is 0 Å². The van der Waals surface area contributed by atoms with Gasteiger partial charge in [0, 0.05) is 26.0 Å². The van der Waals surface area contributed by atoms with Crippen LogP contribution in [0.4, 0.5) is 5.95 Å². The van der Waals surface area contributed by atoms with Crippen LogP contribution in [0.1, 0.15) is 18.9 Å². The molecule has 4 heterocycles. The molecule has 4 heteroatoms.